The lowest BCUT2D eigenvalue weighted by Crippen LogP contribution is -2.49. The summed E-state index contributed by atoms with van der Waals surface area (Å²) in [5, 5.41) is 2.84. The van der Waals surface area contributed by atoms with Gasteiger partial charge in [-0.15, -0.1) is 0 Å². The van der Waals surface area contributed by atoms with Crippen LogP contribution < -0.4 is 11.1 Å². The highest BCUT2D eigenvalue weighted by molar-refractivity contribution is 5.92. The van der Waals surface area contributed by atoms with Crippen molar-refractivity contribution in [1.29, 1.82) is 0 Å². The first-order chi connectivity index (χ1) is 11.6. The Labute approximate surface area is 142 Å². The summed E-state index contributed by atoms with van der Waals surface area (Å²) in [6.07, 6.45) is 0. The fraction of sp³-hybridized carbons (Fsp3) is 0.529. The summed E-state index contributed by atoms with van der Waals surface area (Å²) in [6.45, 7) is 5.95. The molecule has 0 atom stereocenters. The Bertz CT molecular complexity index is 539. The van der Waals surface area contributed by atoms with Crippen LogP contribution in [0.15, 0.2) is 24.3 Å². The van der Waals surface area contributed by atoms with E-state index in [1.54, 1.807) is 19.2 Å². The molecule has 2 rings (SSSR count). The Morgan fingerprint density at radius 1 is 1.12 bits per heavy atom. The fourth-order valence-corrected chi connectivity index (χ4v) is 2.69. The number of piperazine rings is 1. The number of methoxy groups -OCH3 is 1. The van der Waals surface area contributed by atoms with Crippen LogP contribution in [-0.4, -0.2) is 74.6 Å². The van der Waals surface area contributed by atoms with Crippen LogP contribution in [-0.2, 0) is 16.1 Å². The van der Waals surface area contributed by atoms with E-state index in [4.69, 9.17) is 10.5 Å². The number of nitrogens with two attached hydrogens (primary N) is 1. The van der Waals surface area contributed by atoms with Crippen LogP contribution in [0.2, 0.25) is 0 Å². The molecule has 1 aromatic rings. The molecule has 0 aliphatic carbocycles. The van der Waals surface area contributed by atoms with Gasteiger partial charge >= 0.3 is 0 Å². The lowest BCUT2D eigenvalue weighted by Gasteiger charge is -2.34. The van der Waals surface area contributed by atoms with E-state index in [9.17, 15) is 9.59 Å². The molecule has 3 N–H and O–H groups in total. The minimum atomic E-state index is -0.404. The van der Waals surface area contributed by atoms with E-state index < -0.39 is 5.91 Å². The Morgan fingerprint density at radius 2 is 1.75 bits per heavy atom. The molecule has 7 nitrogen and oxygen atoms in total. The van der Waals surface area contributed by atoms with Gasteiger partial charge in [-0.05, 0) is 17.7 Å². The second-order valence-corrected chi connectivity index (χ2v) is 5.96. The van der Waals surface area contributed by atoms with Crippen molar-refractivity contribution in [3.8, 4) is 0 Å². The number of ether oxygens (including phenoxy) is 1. The number of amides is 2. The molecule has 0 aromatic heterocycles. The number of primary amides is 1. The monoisotopic (exact) mass is 334 g/mol. The number of carbonyl (C=O) groups is 2. The van der Waals surface area contributed by atoms with E-state index in [1.165, 1.54) is 0 Å². The average Bonchev–Trinajstić information content (AvgIpc) is 2.57. The van der Waals surface area contributed by atoms with Crippen LogP contribution in [0.5, 0.6) is 0 Å². The smallest absolute Gasteiger partial charge is 0.248 e. The van der Waals surface area contributed by atoms with Gasteiger partial charge in [0.25, 0.3) is 0 Å². The largest absolute Gasteiger partial charge is 0.383 e. The number of carbonyl (C=O) groups excluding carboxylic acids is 2. The van der Waals surface area contributed by atoms with Crippen molar-refractivity contribution in [2.24, 2.45) is 5.73 Å². The molecule has 1 saturated heterocycles. The van der Waals surface area contributed by atoms with Crippen molar-refractivity contribution in [1.82, 2.24) is 15.1 Å². The molecule has 1 fully saturated rings. The average molecular weight is 334 g/mol. The summed E-state index contributed by atoms with van der Waals surface area (Å²) < 4.78 is 4.91. The SMILES string of the molecule is COCCNC(=O)CN1CCN(Cc2ccc(C(N)=O)cc2)CC1. The molecule has 1 heterocycles. The van der Waals surface area contributed by atoms with Gasteiger partial charge < -0.3 is 15.8 Å². The van der Waals surface area contributed by atoms with Crippen LogP contribution >= 0.6 is 0 Å². The molecule has 1 aliphatic rings. The highest BCUT2D eigenvalue weighted by Gasteiger charge is 2.18. The van der Waals surface area contributed by atoms with Crippen molar-refractivity contribution >= 4 is 11.8 Å². The van der Waals surface area contributed by atoms with E-state index in [0.717, 1.165) is 38.3 Å². The molecule has 24 heavy (non-hydrogen) atoms. The van der Waals surface area contributed by atoms with Crippen molar-refractivity contribution < 1.29 is 14.3 Å². The van der Waals surface area contributed by atoms with Gasteiger partial charge in [-0.3, -0.25) is 19.4 Å². The summed E-state index contributed by atoms with van der Waals surface area (Å²) >= 11 is 0. The van der Waals surface area contributed by atoms with Gasteiger partial charge in [-0.1, -0.05) is 12.1 Å². The van der Waals surface area contributed by atoms with Gasteiger partial charge in [-0.2, -0.15) is 0 Å². The number of benzene rings is 1. The van der Waals surface area contributed by atoms with Gasteiger partial charge in [0.05, 0.1) is 13.2 Å². The van der Waals surface area contributed by atoms with E-state index in [2.05, 4.69) is 15.1 Å². The zero-order valence-electron chi connectivity index (χ0n) is 14.2. The Morgan fingerprint density at radius 3 is 2.33 bits per heavy atom. The van der Waals surface area contributed by atoms with Crippen LogP contribution in [0.3, 0.4) is 0 Å². The van der Waals surface area contributed by atoms with Crippen molar-refractivity contribution in [2.45, 2.75) is 6.54 Å². The number of hydrogen-bond acceptors (Lipinski definition) is 5. The zero-order valence-corrected chi connectivity index (χ0v) is 14.2. The fourth-order valence-electron chi connectivity index (χ4n) is 2.69. The maximum atomic E-state index is 11.8. The molecule has 2 amide bonds. The predicted octanol–water partition coefficient (Wildman–Crippen LogP) is -0.334. The first-order valence-corrected chi connectivity index (χ1v) is 8.17. The van der Waals surface area contributed by atoms with Gasteiger partial charge in [0, 0.05) is 51.9 Å². The van der Waals surface area contributed by atoms with Gasteiger partial charge in [0.1, 0.15) is 0 Å². The Kier molecular flexibility index (Phi) is 7.17. The third kappa shape index (κ3) is 5.92. The van der Waals surface area contributed by atoms with E-state index in [1.807, 2.05) is 12.1 Å². The second kappa shape index (κ2) is 9.36. The third-order valence-electron chi connectivity index (χ3n) is 4.11. The van der Waals surface area contributed by atoms with Crippen LogP contribution in [0.1, 0.15) is 15.9 Å². The summed E-state index contributed by atoms with van der Waals surface area (Å²) in [7, 11) is 1.62. The quantitative estimate of drug-likeness (QED) is 0.636. The first-order valence-electron chi connectivity index (χ1n) is 8.17. The molecule has 0 bridgehead atoms. The summed E-state index contributed by atoms with van der Waals surface area (Å²) in [4.78, 5) is 27.4. The molecule has 1 aliphatic heterocycles. The predicted molar refractivity (Wildman–Crippen MR) is 91.6 cm³/mol. The molecule has 7 heteroatoms. The van der Waals surface area contributed by atoms with Crippen molar-refractivity contribution in [3.05, 3.63) is 35.4 Å². The van der Waals surface area contributed by atoms with Crippen LogP contribution in [0.4, 0.5) is 0 Å². The summed E-state index contributed by atoms with van der Waals surface area (Å²) in [5.74, 6) is -0.360. The van der Waals surface area contributed by atoms with Crippen molar-refractivity contribution in [3.63, 3.8) is 0 Å². The van der Waals surface area contributed by atoms with Crippen molar-refractivity contribution in [2.75, 3.05) is 53.0 Å². The standard InChI is InChI=1S/C17H26N4O3/c1-24-11-6-19-16(22)13-21-9-7-20(8-10-21)12-14-2-4-15(5-3-14)17(18)23/h2-5H,6-13H2,1H3,(H2,18,23)(H,19,22). The van der Waals surface area contributed by atoms with E-state index in [-0.39, 0.29) is 5.91 Å². The normalized spacial score (nSPS) is 16.0. The number of nitrogens with zero attached hydrogens (tertiary/aromatic N) is 2. The molecular weight excluding hydrogens is 308 g/mol. The van der Waals surface area contributed by atoms with Gasteiger partial charge in [-0.25, -0.2) is 0 Å². The molecule has 0 radical (unpaired) electrons. The first kappa shape index (κ1) is 18.4. The molecule has 1 aromatic carbocycles. The number of nitrogens with one attached hydrogen (secondary N) is 1. The number of rotatable bonds is 8. The number of hydrogen-bond donors (Lipinski definition) is 2. The van der Waals surface area contributed by atoms with E-state index >= 15 is 0 Å². The lowest BCUT2D eigenvalue weighted by molar-refractivity contribution is -0.122. The minimum absolute atomic E-state index is 0.0440. The maximum absolute atomic E-state index is 11.8. The molecule has 132 valence electrons. The lowest BCUT2D eigenvalue weighted by atomic mass is 10.1. The second-order valence-electron chi connectivity index (χ2n) is 5.96. The summed E-state index contributed by atoms with van der Waals surface area (Å²) in [6, 6.07) is 7.40. The summed E-state index contributed by atoms with van der Waals surface area (Å²) in [5.41, 5.74) is 6.94. The van der Waals surface area contributed by atoms with Gasteiger partial charge in [0.15, 0.2) is 0 Å². The van der Waals surface area contributed by atoms with Gasteiger partial charge in [0.2, 0.25) is 11.8 Å². The molecule has 0 saturated carbocycles. The highest BCUT2D eigenvalue weighted by atomic mass is 16.5. The highest BCUT2D eigenvalue weighted by Crippen LogP contribution is 2.10. The third-order valence-corrected chi connectivity index (χ3v) is 4.11. The molecule has 0 spiro atoms. The minimum Gasteiger partial charge on any atom is -0.383 e. The zero-order chi connectivity index (χ0) is 17.4. The Hall–Kier alpha value is -1.96. The maximum Gasteiger partial charge on any atom is 0.248 e. The molecule has 0 unspecified atom stereocenters. The van der Waals surface area contributed by atoms with Crippen LogP contribution in [0.25, 0.3) is 0 Å². The van der Waals surface area contributed by atoms with Crippen LogP contribution in [0, 0.1) is 0 Å². The topological polar surface area (TPSA) is 87.9 Å². The van der Waals surface area contributed by atoms with E-state index in [0.29, 0.717) is 25.3 Å². The molecular formula is C17H26N4O3. The Balaban J connectivity index is 1.70.